The molecule has 0 aromatic heterocycles. The van der Waals surface area contributed by atoms with Gasteiger partial charge in [-0.15, -0.1) is 0 Å². The van der Waals surface area contributed by atoms with Crippen molar-refractivity contribution in [2.45, 2.75) is 113 Å². The molecule has 9 nitrogen and oxygen atoms in total. The van der Waals surface area contributed by atoms with Crippen LogP contribution in [0.3, 0.4) is 0 Å². The minimum absolute atomic E-state index is 0.0190. The van der Waals surface area contributed by atoms with Gasteiger partial charge in [0.25, 0.3) is 5.91 Å². The smallest absolute Gasteiger partial charge is 0.256 e. The summed E-state index contributed by atoms with van der Waals surface area (Å²) in [6, 6.07) is -0.0602. The average Bonchev–Trinajstić information content (AvgIpc) is 3.45. The van der Waals surface area contributed by atoms with Crippen molar-refractivity contribution in [2.75, 3.05) is 59.5 Å². The molecule has 4 aliphatic heterocycles. The lowest BCUT2D eigenvalue weighted by atomic mass is 9.64. The van der Waals surface area contributed by atoms with Crippen molar-refractivity contribution in [3.8, 4) is 0 Å². The largest absolute Gasteiger partial charge is 0.379 e. The van der Waals surface area contributed by atoms with Crippen LogP contribution in [0.15, 0.2) is 11.8 Å². The van der Waals surface area contributed by atoms with Crippen molar-refractivity contribution < 1.29 is 23.5 Å². The van der Waals surface area contributed by atoms with Gasteiger partial charge in [0, 0.05) is 37.8 Å². The van der Waals surface area contributed by atoms with Gasteiger partial charge in [0.05, 0.1) is 49.1 Å². The Balaban J connectivity index is 1.09. The van der Waals surface area contributed by atoms with E-state index in [2.05, 4.69) is 32.4 Å². The monoisotopic (exact) mass is 615 g/mol. The fourth-order valence-corrected chi connectivity index (χ4v) is 9.95. The first kappa shape index (κ1) is 31.0. The molecule has 7 aliphatic rings. The molecule has 2 N–H and O–H groups in total. The maximum atomic E-state index is 16.2. The number of amides is 1. The molecule has 0 aromatic carbocycles. The number of nitrogens with one attached hydrogen (secondary N) is 2. The minimum Gasteiger partial charge on any atom is -0.379 e. The summed E-state index contributed by atoms with van der Waals surface area (Å²) < 4.78 is 28.7. The van der Waals surface area contributed by atoms with Crippen LogP contribution in [-0.4, -0.2) is 128 Å². The van der Waals surface area contributed by atoms with Gasteiger partial charge in [0.1, 0.15) is 6.17 Å². The molecule has 10 heteroatoms. The Morgan fingerprint density at radius 3 is 2.68 bits per heavy atom. The van der Waals surface area contributed by atoms with Crippen LogP contribution in [0.4, 0.5) is 4.39 Å². The highest BCUT2D eigenvalue weighted by atomic mass is 19.1. The topological polar surface area (TPSA) is 86.4 Å². The van der Waals surface area contributed by atoms with Crippen LogP contribution < -0.4 is 10.6 Å². The molecular weight excluding hydrogens is 561 g/mol. The summed E-state index contributed by atoms with van der Waals surface area (Å²) in [6.07, 6.45) is 11.7. The first-order chi connectivity index (χ1) is 21.5. The van der Waals surface area contributed by atoms with E-state index in [4.69, 9.17) is 9.47 Å². The van der Waals surface area contributed by atoms with Crippen molar-refractivity contribution >= 4 is 11.7 Å². The van der Waals surface area contributed by atoms with Gasteiger partial charge in [-0.3, -0.25) is 14.5 Å². The summed E-state index contributed by atoms with van der Waals surface area (Å²) in [6.45, 7) is 6.80. The number of likely N-dealkylation sites (tertiary alicyclic amines) is 1. The second kappa shape index (κ2) is 13.6. The van der Waals surface area contributed by atoms with Crippen LogP contribution in [0.1, 0.15) is 70.6 Å². The predicted molar refractivity (Wildman–Crippen MR) is 166 cm³/mol. The van der Waals surface area contributed by atoms with Crippen molar-refractivity contribution in [1.29, 1.82) is 0 Å². The maximum Gasteiger partial charge on any atom is 0.256 e. The van der Waals surface area contributed by atoms with E-state index < -0.39 is 24.2 Å². The summed E-state index contributed by atoms with van der Waals surface area (Å²) >= 11 is 0. The Morgan fingerprint density at radius 2 is 1.86 bits per heavy atom. The highest BCUT2D eigenvalue weighted by Crippen LogP contribution is 2.50. The van der Waals surface area contributed by atoms with Crippen molar-refractivity contribution in [2.24, 2.45) is 17.8 Å². The van der Waals surface area contributed by atoms with Crippen molar-refractivity contribution in [3.63, 3.8) is 0 Å². The van der Waals surface area contributed by atoms with Crippen LogP contribution in [0.2, 0.25) is 0 Å². The maximum absolute atomic E-state index is 16.2. The number of ether oxygens (including phenoxy) is 2. The molecule has 10 atom stereocenters. The summed E-state index contributed by atoms with van der Waals surface area (Å²) in [5, 5.41) is 6.64. The third-order valence-electron chi connectivity index (χ3n) is 12.3. The van der Waals surface area contributed by atoms with E-state index in [0.717, 1.165) is 71.5 Å². The normalized spacial score (nSPS) is 41.0. The zero-order valence-electron chi connectivity index (χ0n) is 26.6. The SMILES string of the molecule is CN1CCCC1CCNC(=O)C1=CN2C3CCC4CCCCC4C3OC3C(NCCCN4CCOCC4)C(F)CC(C1=O)C32. The molecule has 6 fully saturated rings. The standard InChI is InChI=1S/C34H54FN5O4/c1-38-14-4-7-23(38)11-13-37-34(42)26-21-40-28-10-9-22-6-2-3-8-24(22)32(28)44-33-29(27(35)20-25(30(33)40)31(26)41)36-12-5-15-39-16-18-43-19-17-39/h21-25,27-30,32-33,36H,2-20H2,1H3,(H,37,42). The lowest BCUT2D eigenvalue weighted by molar-refractivity contribution is -0.220. The minimum atomic E-state index is -1.20. The Kier molecular flexibility index (Phi) is 9.62. The molecule has 0 aromatic rings. The van der Waals surface area contributed by atoms with Crippen LogP contribution in [0.5, 0.6) is 0 Å². The number of carbonyl (C=O) groups is 2. The molecule has 0 radical (unpaired) electrons. The van der Waals surface area contributed by atoms with Crippen molar-refractivity contribution in [3.05, 3.63) is 11.8 Å². The fourth-order valence-electron chi connectivity index (χ4n) is 9.95. The van der Waals surface area contributed by atoms with Gasteiger partial charge in [-0.25, -0.2) is 4.39 Å². The predicted octanol–water partition coefficient (Wildman–Crippen LogP) is 2.50. The molecule has 0 spiro atoms. The molecule has 10 unspecified atom stereocenters. The number of halogens is 1. The van der Waals surface area contributed by atoms with Gasteiger partial charge in [-0.05, 0) is 89.9 Å². The van der Waals surface area contributed by atoms with Gasteiger partial charge in [-0.2, -0.15) is 0 Å². The Bertz CT molecular complexity index is 1070. The Hall–Kier alpha value is -1.59. The molecule has 4 heterocycles. The number of hydrogen-bond donors (Lipinski definition) is 2. The van der Waals surface area contributed by atoms with Gasteiger partial charge in [-0.1, -0.05) is 19.3 Å². The fraction of sp³-hybridized carbons (Fsp3) is 0.882. The number of fused-ring (bicyclic) bond motifs is 4. The van der Waals surface area contributed by atoms with E-state index in [1.165, 1.54) is 32.1 Å². The van der Waals surface area contributed by atoms with E-state index >= 15 is 4.39 Å². The molecule has 3 saturated heterocycles. The third-order valence-corrected chi connectivity index (χ3v) is 12.3. The number of ketones is 1. The van der Waals surface area contributed by atoms with Gasteiger partial charge < -0.3 is 29.9 Å². The highest BCUT2D eigenvalue weighted by molar-refractivity contribution is 6.20. The molecule has 246 valence electrons. The zero-order chi connectivity index (χ0) is 30.2. The molecule has 3 aliphatic carbocycles. The first-order valence-corrected chi connectivity index (χ1v) is 17.8. The van der Waals surface area contributed by atoms with Crippen LogP contribution in [0, 0.1) is 17.8 Å². The Morgan fingerprint density at radius 1 is 1.02 bits per heavy atom. The number of Topliss-reactive ketones (excluding diaryl/α,β-unsaturated/α-hetero) is 1. The number of morpholine rings is 2. The van der Waals surface area contributed by atoms with Gasteiger partial charge >= 0.3 is 0 Å². The first-order valence-electron chi connectivity index (χ1n) is 17.8. The van der Waals surface area contributed by atoms with Gasteiger partial charge in [0.2, 0.25) is 0 Å². The molecule has 7 rings (SSSR count). The highest BCUT2D eigenvalue weighted by Gasteiger charge is 2.60. The summed E-state index contributed by atoms with van der Waals surface area (Å²) in [5.41, 5.74) is 0.223. The average molecular weight is 616 g/mol. The lowest BCUT2D eigenvalue weighted by Gasteiger charge is -2.61. The molecular formula is C34H54FN5O4. The van der Waals surface area contributed by atoms with Crippen molar-refractivity contribution in [1.82, 2.24) is 25.3 Å². The van der Waals surface area contributed by atoms with E-state index in [9.17, 15) is 9.59 Å². The Labute approximate surface area is 262 Å². The van der Waals surface area contributed by atoms with E-state index in [1.807, 2.05) is 6.20 Å². The summed E-state index contributed by atoms with van der Waals surface area (Å²) in [5.74, 6) is 0.0787. The molecule has 0 bridgehead atoms. The van der Waals surface area contributed by atoms with E-state index in [-0.39, 0.29) is 41.9 Å². The molecule has 1 amide bonds. The molecule has 3 saturated carbocycles. The second-order valence-corrected chi connectivity index (χ2v) is 14.7. The number of hydrogen-bond acceptors (Lipinski definition) is 8. The van der Waals surface area contributed by atoms with Crippen LogP contribution in [-0.2, 0) is 19.1 Å². The quantitative estimate of drug-likeness (QED) is 0.303. The summed E-state index contributed by atoms with van der Waals surface area (Å²) in [7, 11) is 2.14. The molecule has 44 heavy (non-hydrogen) atoms. The lowest BCUT2D eigenvalue weighted by Crippen LogP contribution is -2.74. The van der Waals surface area contributed by atoms with Crippen LogP contribution in [0.25, 0.3) is 0 Å². The number of nitrogens with zero attached hydrogens (tertiary/aromatic N) is 3. The van der Waals surface area contributed by atoms with E-state index in [0.29, 0.717) is 31.0 Å². The second-order valence-electron chi connectivity index (χ2n) is 14.7. The number of carbonyl (C=O) groups excluding carboxylic acids is 2. The zero-order valence-corrected chi connectivity index (χ0v) is 26.6. The third kappa shape index (κ3) is 6.10. The van der Waals surface area contributed by atoms with Crippen LogP contribution >= 0.6 is 0 Å². The summed E-state index contributed by atoms with van der Waals surface area (Å²) in [4.78, 5) is 34.6. The van der Waals surface area contributed by atoms with Gasteiger partial charge in [0.15, 0.2) is 5.78 Å². The number of alkyl halides is 1. The van der Waals surface area contributed by atoms with E-state index in [1.54, 1.807) is 0 Å². The number of rotatable bonds is 9.